The number of aliphatic hydroxyl groups excluding tert-OH is 1. The molecular formula is C17H17Cl2OTi. The summed E-state index contributed by atoms with van der Waals surface area (Å²) in [5.74, 6) is 0. The first-order chi connectivity index (χ1) is 8.83. The van der Waals surface area contributed by atoms with E-state index < -0.39 is 0 Å². The van der Waals surface area contributed by atoms with Crippen molar-refractivity contribution >= 4 is 16.3 Å². The van der Waals surface area contributed by atoms with Gasteiger partial charge in [0.15, 0.2) is 0 Å². The standard InChI is InChI=1S/C16H13.CH4O.2ClH.Ti/c1-12-6-7-15(10-12)16-9-8-13-4-2-3-5-14(13)11-16;1-2;;;/h2-6,8-10H,7H2,1H3;2H,1H3;2*1H;/q-1;;;;+3/p-2. The monoisotopic (exact) mass is 355 g/mol. The van der Waals surface area contributed by atoms with E-state index in [1.54, 1.807) is 0 Å². The van der Waals surface area contributed by atoms with Crippen molar-refractivity contribution in [3.05, 3.63) is 65.8 Å². The second kappa shape index (κ2) is 11.1. The third kappa shape index (κ3) is 5.62. The van der Waals surface area contributed by atoms with Crippen molar-refractivity contribution in [2.24, 2.45) is 0 Å². The molecule has 0 aliphatic heterocycles. The van der Waals surface area contributed by atoms with Crippen LogP contribution in [0.4, 0.5) is 0 Å². The van der Waals surface area contributed by atoms with Gasteiger partial charge < -0.3 is 29.9 Å². The van der Waals surface area contributed by atoms with Gasteiger partial charge in [-0.15, -0.1) is 40.8 Å². The minimum absolute atomic E-state index is 0. The first kappa shape index (κ1) is 22.7. The van der Waals surface area contributed by atoms with Crippen LogP contribution in [0.5, 0.6) is 0 Å². The summed E-state index contributed by atoms with van der Waals surface area (Å²) in [6, 6.07) is 16.2. The molecule has 0 amide bonds. The third-order valence-electron chi connectivity index (χ3n) is 3.05. The SMILES string of the molecule is CC1=CCC(c2[c-]c3ccccc3cc2)=C1.CO.[Cl-].[Cl-].[Ti+3]. The van der Waals surface area contributed by atoms with Gasteiger partial charge in [0.05, 0.1) is 0 Å². The normalized spacial score (nSPS) is 11.8. The fourth-order valence-corrected chi connectivity index (χ4v) is 2.15. The van der Waals surface area contributed by atoms with E-state index in [-0.39, 0.29) is 46.5 Å². The zero-order valence-corrected chi connectivity index (χ0v) is 15.1. The minimum atomic E-state index is 0. The summed E-state index contributed by atoms with van der Waals surface area (Å²) < 4.78 is 0. The molecule has 0 bridgehead atoms. The first-order valence-electron chi connectivity index (χ1n) is 6.06. The maximum atomic E-state index is 7.00. The summed E-state index contributed by atoms with van der Waals surface area (Å²) in [6.45, 7) is 2.15. The van der Waals surface area contributed by atoms with E-state index in [1.165, 1.54) is 27.5 Å². The molecule has 3 rings (SSSR count). The largest absolute Gasteiger partial charge is 3.00 e. The molecule has 2 aromatic rings. The van der Waals surface area contributed by atoms with Gasteiger partial charge in [0.2, 0.25) is 0 Å². The Bertz CT molecular complexity index is 621. The number of rotatable bonds is 1. The average molecular weight is 356 g/mol. The van der Waals surface area contributed by atoms with Crippen LogP contribution in [0.1, 0.15) is 18.9 Å². The molecule has 0 unspecified atom stereocenters. The molecule has 21 heavy (non-hydrogen) atoms. The average Bonchev–Trinajstić information content (AvgIpc) is 2.87. The smallest absolute Gasteiger partial charge is 1.00 e. The molecule has 0 saturated carbocycles. The molecule has 0 atom stereocenters. The van der Waals surface area contributed by atoms with Crippen LogP contribution in [-0.4, -0.2) is 12.2 Å². The molecule has 1 aliphatic carbocycles. The van der Waals surface area contributed by atoms with Gasteiger partial charge in [-0.25, -0.2) is 0 Å². The van der Waals surface area contributed by atoms with Crippen LogP contribution >= 0.6 is 0 Å². The quantitative estimate of drug-likeness (QED) is 0.463. The fraction of sp³-hybridized carbons (Fsp3) is 0.176. The maximum absolute atomic E-state index is 7.00. The fourth-order valence-electron chi connectivity index (χ4n) is 2.15. The Labute approximate surface area is 153 Å². The van der Waals surface area contributed by atoms with Crippen molar-refractivity contribution in [1.29, 1.82) is 0 Å². The molecule has 1 aliphatic rings. The number of halogens is 2. The summed E-state index contributed by atoms with van der Waals surface area (Å²) in [7, 11) is 1.00. The molecule has 1 N–H and O–H groups in total. The maximum Gasteiger partial charge on any atom is 3.00 e. The Balaban J connectivity index is 0. The third-order valence-corrected chi connectivity index (χ3v) is 3.05. The predicted molar refractivity (Wildman–Crippen MR) is 77.3 cm³/mol. The Morgan fingerprint density at radius 2 is 1.67 bits per heavy atom. The molecule has 1 nitrogen and oxygen atoms in total. The number of benzene rings is 2. The number of hydrogen-bond acceptors (Lipinski definition) is 1. The van der Waals surface area contributed by atoms with Crippen molar-refractivity contribution in [1.82, 2.24) is 0 Å². The topological polar surface area (TPSA) is 20.2 Å². The van der Waals surface area contributed by atoms with Gasteiger partial charge in [-0.3, -0.25) is 0 Å². The van der Waals surface area contributed by atoms with Crippen molar-refractivity contribution in [3.63, 3.8) is 0 Å². The zero-order chi connectivity index (χ0) is 13.0. The van der Waals surface area contributed by atoms with E-state index in [0.717, 1.165) is 13.5 Å². The number of allylic oxidation sites excluding steroid dienone is 4. The summed E-state index contributed by atoms with van der Waals surface area (Å²) in [4.78, 5) is 0. The van der Waals surface area contributed by atoms with Crippen molar-refractivity contribution in [3.8, 4) is 0 Å². The second-order valence-corrected chi connectivity index (χ2v) is 4.28. The molecule has 2 aromatic carbocycles. The van der Waals surface area contributed by atoms with Crippen molar-refractivity contribution in [2.75, 3.05) is 7.11 Å². The van der Waals surface area contributed by atoms with E-state index >= 15 is 0 Å². The number of fused-ring (bicyclic) bond motifs is 1. The Hall–Kier alpha value is -0.566. The van der Waals surface area contributed by atoms with E-state index in [1.807, 2.05) is 0 Å². The molecule has 0 saturated heterocycles. The molecule has 0 heterocycles. The van der Waals surface area contributed by atoms with Crippen LogP contribution in [0.25, 0.3) is 16.3 Å². The van der Waals surface area contributed by atoms with Crippen LogP contribution in [0, 0.1) is 6.07 Å². The van der Waals surface area contributed by atoms with Crippen LogP contribution in [0.15, 0.2) is 54.1 Å². The molecule has 4 heteroatoms. The summed E-state index contributed by atoms with van der Waals surface area (Å²) in [6.07, 6.45) is 5.56. The van der Waals surface area contributed by atoms with Crippen molar-refractivity contribution in [2.45, 2.75) is 13.3 Å². The van der Waals surface area contributed by atoms with Gasteiger partial charge in [-0.1, -0.05) is 41.3 Å². The van der Waals surface area contributed by atoms with Crippen molar-refractivity contribution < 1.29 is 51.6 Å². The Kier molecular flexibility index (Phi) is 12.0. The van der Waals surface area contributed by atoms with Gasteiger partial charge in [-0.2, -0.15) is 0 Å². The minimum Gasteiger partial charge on any atom is -1.00 e. The molecule has 0 aromatic heterocycles. The molecule has 1 radical (unpaired) electrons. The van der Waals surface area contributed by atoms with Gasteiger partial charge in [0.25, 0.3) is 0 Å². The zero-order valence-electron chi connectivity index (χ0n) is 12.0. The van der Waals surface area contributed by atoms with Crippen LogP contribution in [0.2, 0.25) is 0 Å². The Morgan fingerprint density at radius 3 is 2.29 bits per heavy atom. The number of hydrogen-bond donors (Lipinski definition) is 1. The van der Waals surface area contributed by atoms with E-state index in [2.05, 4.69) is 61.5 Å². The van der Waals surface area contributed by atoms with Crippen LogP contribution in [0.3, 0.4) is 0 Å². The Morgan fingerprint density at radius 1 is 1.00 bits per heavy atom. The second-order valence-electron chi connectivity index (χ2n) is 4.28. The number of aliphatic hydroxyl groups is 1. The molecule has 0 spiro atoms. The van der Waals surface area contributed by atoms with E-state index in [0.29, 0.717) is 0 Å². The summed E-state index contributed by atoms with van der Waals surface area (Å²) >= 11 is 0. The molecule has 0 fully saturated rings. The van der Waals surface area contributed by atoms with Gasteiger partial charge in [0.1, 0.15) is 0 Å². The van der Waals surface area contributed by atoms with Crippen LogP contribution < -0.4 is 24.8 Å². The summed E-state index contributed by atoms with van der Waals surface area (Å²) in [5, 5.41) is 9.46. The predicted octanol–water partition coefficient (Wildman–Crippen LogP) is -2.01. The van der Waals surface area contributed by atoms with Gasteiger partial charge >= 0.3 is 21.7 Å². The van der Waals surface area contributed by atoms with E-state index in [9.17, 15) is 0 Å². The van der Waals surface area contributed by atoms with Gasteiger partial charge in [0, 0.05) is 7.11 Å². The molecular weight excluding hydrogens is 339 g/mol. The summed E-state index contributed by atoms with van der Waals surface area (Å²) in [5.41, 5.74) is 3.96. The van der Waals surface area contributed by atoms with Crippen LogP contribution in [-0.2, 0) is 21.7 Å². The first-order valence-corrected chi connectivity index (χ1v) is 6.06. The molecule has 109 valence electrons. The van der Waals surface area contributed by atoms with E-state index in [4.69, 9.17) is 5.11 Å². The van der Waals surface area contributed by atoms with Gasteiger partial charge in [-0.05, 0) is 13.3 Å².